The van der Waals surface area contributed by atoms with Gasteiger partial charge in [0.25, 0.3) is 11.4 Å². The third-order valence-corrected chi connectivity index (χ3v) is 13.0. The number of nitro benzene ring substituents is 2. The minimum absolute atomic E-state index is 0.00449. The number of carbonyl (C=O) groups is 2. The smallest absolute Gasteiger partial charge is 0.412 e. The Hall–Kier alpha value is -7.21. The number of nitrogens with zero attached hydrogens (tertiary/aromatic N) is 4. The number of hydrogen-bond donors (Lipinski definition) is 3. The third kappa shape index (κ3) is 11.7. The summed E-state index contributed by atoms with van der Waals surface area (Å²) in [6, 6.07) is 25.6. The van der Waals surface area contributed by atoms with Gasteiger partial charge >= 0.3 is 6.09 Å². The number of benzene rings is 4. The van der Waals surface area contributed by atoms with Crippen molar-refractivity contribution in [2.24, 2.45) is 22.9 Å². The van der Waals surface area contributed by atoms with Gasteiger partial charge in [-0.3, -0.25) is 25.0 Å². The summed E-state index contributed by atoms with van der Waals surface area (Å²) >= 11 is 0. The van der Waals surface area contributed by atoms with E-state index in [-0.39, 0.29) is 68.4 Å². The number of aliphatic hydroxyl groups is 2. The predicted molar refractivity (Wildman–Crippen MR) is 257 cm³/mol. The summed E-state index contributed by atoms with van der Waals surface area (Å²) in [6.07, 6.45) is 10.1. The summed E-state index contributed by atoms with van der Waals surface area (Å²) in [5.41, 5.74) is 4.00. The molecule has 1 heterocycles. The van der Waals surface area contributed by atoms with Crippen LogP contribution in [-0.4, -0.2) is 81.4 Å². The molecule has 2 amide bonds. The Labute approximate surface area is 400 Å². The minimum atomic E-state index is -1.57. The van der Waals surface area contributed by atoms with E-state index in [1.165, 1.54) is 35.2 Å². The van der Waals surface area contributed by atoms with E-state index in [1.54, 1.807) is 55.6 Å². The maximum absolute atomic E-state index is 14.5. The lowest BCUT2D eigenvalue weighted by atomic mass is 9.55. The summed E-state index contributed by atoms with van der Waals surface area (Å²) in [5, 5.41) is 50.2. The van der Waals surface area contributed by atoms with Crippen LogP contribution in [0.2, 0.25) is 0 Å². The van der Waals surface area contributed by atoms with Crippen molar-refractivity contribution in [2.45, 2.75) is 75.8 Å². The van der Waals surface area contributed by atoms with Gasteiger partial charge in [0.1, 0.15) is 24.1 Å². The molecule has 0 spiro atoms. The molecular formula is C52H57N5O12. The number of rotatable bonds is 22. The lowest BCUT2D eigenvalue weighted by Crippen LogP contribution is -2.69. The Morgan fingerprint density at radius 3 is 2.26 bits per heavy atom. The molecule has 0 saturated heterocycles. The van der Waals surface area contributed by atoms with Gasteiger partial charge in [-0.05, 0) is 108 Å². The number of likely N-dealkylation sites (N-methyl/N-ethyl adjacent to an activating group) is 1. The zero-order valence-electron chi connectivity index (χ0n) is 38.4. The van der Waals surface area contributed by atoms with Crippen molar-refractivity contribution in [1.82, 2.24) is 10.2 Å². The molecule has 0 radical (unpaired) electrons. The quantitative estimate of drug-likeness (QED) is 0.0221. The highest BCUT2D eigenvalue weighted by atomic mass is 16.7. The van der Waals surface area contributed by atoms with Crippen molar-refractivity contribution in [1.29, 1.82) is 0 Å². The van der Waals surface area contributed by atoms with E-state index in [0.717, 1.165) is 23.1 Å². The highest BCUT2D eigenvalue weighted by molar-refractivity contribution is 6.03. The van der Waals surface area contributed by atoms with Crippen molar-refractivity contribution >= 4 is 35.2 Å². The monoisotopic (exact) mass is 943 g/mol. The first-order valence-electron chi connectivity index (χ1n) is 23.1. The first kappa shape index (κ1) is 49.7. The number of oxime groups is 1. The van der Waals surface area contributed by atoms with Crippen LogP contribution in [0.15, 0.2) is 133 Å². The SMILES string of the molecule is C=CCO[C@@]12Oc3ccc(OC(=O)NCc4ccccc4)cc3[C@H]3[C@H](CCCCO)[C@@H](CCCCO)C=C(C(=NOCc4ccc([N+](=O)[O-])cc4)C[C@@H]1N(C)C(=O)C=Cc1ccc([N+](=O)[O-])cc1)[C@H]32. The van der Waals surface area contributed by atoms with Crippen LogP contribution in [-0.2, 0) is 27.5 Å². The fourth-order valence-electron chi connectivity index (χ4n) is 9.75. The van der Waals surface area contributed by atoms with Crippen molar-refractivity contribution in [3.8, 4) is 11.5 Å². The molecule has 362 valence electrons. The molecular weight excluding hydrogens is 887 g/mol. The van der Waals surface area contributed by atoms with Gasteiger partial charge in [-0.15, -0.1) is 6.58 Å². The molecule has 4 aromatic rings. The van der Waals surface area contributed by atoms with Crippen LogP contribution < -0.4 is 14.8 Å². The molecule has 1 aliphatic heterocycles. The number of hydrogen-bond acceptors (Lipinski definition) is 13. The van der Waals surface area contributed by atoms with Crippen molar-refractivity contribution < 1.29 is 48.7 Å². The molecule has 17 nitrogen and oxygen atoms in total. The topological polar surface area (TPSA) is 225 Å². The van der Waals surface area contributed by atoms with Crippen LogP contribution in [0.25, 0.3) is 6.08 Å². The molecule has 7 rings (SSSR count). The van der Waals surface area contributed by atoms with Crippen LogP contribution in [0.1, 0.15) is 73.1 Å². The molecule has 3 N–H and O–H groups in total. The Kier molecular flexibility index (Phi) is 16.7. The van der Waals surface area contributed by atoms with E-state index in [0.29, 0.717) is 54.7 Å². The average Bonchev–Trinajstić information content (AvgIpc) is 3.36. The fraction of sp³-hybridized carbons (Fsp3) is 0.365. The molecule has 0 unspecified atom stereocenters. The van der Waals surface area contributed by atoms with Crippen molar-refractivity contribution in [3.05, 3.63) is 170 Å². The van der Waals surface area contributed by atoms with E-state index in [2.05, 4.69) is 18.0 Å². The van der Waals surface area contributed by atoms with E-state index in [9.17, 15) is 40.0 Å². The molecule has 1 saturated carbocycles. The Morgan fingerprint density at radius 2 is 1.59 bits per heavy atom. The highest BCUT2D eigenvalue weighted by Crippen LogP contribution is 2.62. The van der Waals surface area contributed by atoms with Gasteiger partial charge in [-0.1, -0.05) is 60.5 Å². The summed E-state index contributed by atoms with van der Waals surface area (Å²) in [7, 11) is 1.65. The Bertz CT molecular complexity index is 2550. The first-order chi connectivity index (χ1) is 33.5. The molecule has 6 atom stereocenters. The number of fused-ring (bicyclic) bond motifs is 2. The van der Waals surface area contributed by atoms with Gasteiger partial charge in [0.2, 0.25) is 11.7 Å². The van der Waals surface area contributed by atoms with Crippen molar-refractivity contribution in [2.75, 3.05) is 26.9 Å². The van der Waals surface area contributed by atoms with Crippen molar-refractivity contribution in [3.63, 3.8) is 0 Å². The second-order valence-corrected chi connectivity index (χ2v) is 17.3. The van der Waals surface area contributed by atoms with Gasteiger partial charge < -0.3 is 39.5 Å². The standard InChI is InChI=1S/C52H57N5O12/c1-3-29-66-52-47(55(2)48(60)26-19-35-15-20-39(21-16-35)56(62)63)32-45(54-67-34-37-17-22-40(23-18-37)57(64)65)43-30-38(13-7-9-27-58)42(14-8-10-28-59)49(50(43)52)44-31-41(24-25-46(44)69-52)68-51(61)53-33-36-11-5-4-6-12-36/h3-6,11-12,15-26,30-31,38,42,47,49-50,58-59H,1,7-10,13-14,27-29,32-34H2,2H3,(H,53,61)/t38-,42+,47-,49+,50+,52+/m0/s1. The predicted octanol–water partition coefficient (Wildman–Crippen LogP) is 8.80. The number of non-ortho nitro benzene ring substituents is 2. The van der Waals surface area contributed by atoms with Crippen LogP contribution >= 0.6 is 0 Å². The van der Waals surface area contributed by atoms with E-state index >= 15 is 0 Å². The molecule has 69 heavy (non-hydrogen) atoms. The van der Waals surface area contributed by atoms with E-state index in [4.69, 9.17) is 24.2 Å². The minimum Gasteiger partial charge on any atom is -0.459 e. The highest BCUT2D eigenvalue weighted by Gasteiger charge is 2.65. The van der Waals surface area contributed by atoms with E-state index in [1.807, 2.05) is 36.4 Å². The van der Waals surface area contributed by atoms with E-state index < -0.39 is 45.5 Å². The fourth-order valence-corrected chi connectivity index (χ4v) is 9.75. The number of allylic oxidation sites excluding steroid dienone is 1. The molecule has 2 aliphatic carbocycles. The number of ether oxygens (including phenoxy) is 3. The first-order valence-corrected chi connectivity index (χ1v) is 23.1. The number of nitrogens with one attached hydrogen (secondary N) is 1. The van der Waals surface area contributed by atoms with Gasteiger partial charge in [0.15, 0.2) is 0 Å². The molecule has 1 fully saturated rings. The number of aliphatic hydroxyl groups excluding tert-OH is 2. The third-order valence-electron chi connectivity index (χ3n) is 13.0. The summed E-state index contributed by atoms with van der Waals surface area (Å²) in [4.78, 5) is 57.1. The number of nitro groups is 2. The van der Waals surface area contributed by atoms with Gasteiger partial charge in [-0.25, -0.2) is 4.79 Å². The Balaban J connectivity index is 1.35. The normalized spacial score (nSPS) is 21.8. The van der Waals surface area contributed by atoms with Gasteiger partial charge in [0, 0.05) is 75.0 Å². The molecule has 0 aromatic heterocycles. The maximum atomic E-state index is 14.5. The molecule has 3 aliphatic rings. The summed E-state index contributed by atoms with van der Waals surface area (Å²) in [5.74, 6) is -2.50. The second-order valence-electron chi connectivity index (χ2n) is 17.3. The number of unbranched alkanes of at least 4 members (excludes halogenated alkanes) is 2. The van der Waals surface area contributed by atoms with Crippen LogP contribution in [0.4, 0.5) is 16.2 Å². The van der Waals surface area contributed by atoms with Crippen LogP contribution in [0.5, 0.6) is 11.5 Å². The summed E-state index contributed by atoms with van der Waals surface area (Å²) in [6.45, 7) is 4.26. The molecule has 0 bridgehead atoms. The summed E-state index contributed by atoms with van der Waals surface area (Å²) < 4.78 is 20.1. The van der Waals surface area contributed by atoms with Gasteiger partial charge in [0.05, 0.1) is 28.1 Å². The largest absolute Gasteiger partial charge is 0.459 e. The number of carbonyl (C=O) groups excluding carboxylic acids is 2. The lowest BCUT2D eigenvalue weighted by Gasteiger charge is -2.59. The second kappa shape index (κ2) is 23.2. The zero-order chi connectivity index (χ0) is 48.9. The Morgan fingerprint density at radius 1 is 0.913 bits per heavy atom. The zero-order valence-corrected chi connectivity index (χ0v) is 38.4. The number of amides is 2. The maximum Gasteiger partial charge on any atom is 0.412 e. The molecule has 4 aromatic carbocycles. The average molecular weight is 944 g/mol. The molecule has 17 heteroatoms. The van der Waals surface area contributed by atoms with Crippen LogP contribution in [0.3, 0.4) is 0 Å². The van der Waals surface area contributed by atoms with Crippen LogP contribution in [0, 0.1) is 38.0 Å². The lowest BCUT2D eigenvalue weighted by molar-refractivity contribution is -0.385. The van der Waals surface area contributed by atoms with Gasteiger partial charge in [-0.2, -0.15) is 0 Å².